The lowest BCUT2D eigenvalue weighted by Gasteiger charge is -2.26. The average molecular weight is 405 g/mol. The molecule has 1 N–H and O–H groups in total. The fraction of sp³-hybridized carbons (Fsp3) is 0.368. The molecule has 2 heterocycles. The second kappa shape index (κ2) is 9.19. The molecule has 0 atom stereocenters. The number of likely N-dealkylation sites (tertiary alicyclic amines) is 1. The maximum Gasteiger partial charge on any atom is 0.271 e. The molecule has 0 spiro atoms. The molecule has 0 saturated carbocycles. The molecule has 1 saturated heterocycles. The number of nitrogens with zero attached hydrogens (tertiary/aromatic N) is 3. The summed E-state index contributed by atoms with van der Waals surface area (Å²) in [6, 6.07) is 7.32. The molecule has 1 aliphatic rings. The molecule has 0 aliphatic carbocycles. The number of hydrogen-bond acceptors (Lipinski definition) is 5. The third kappa shape index (κ3) is 4.99. The Morgan fingerprint density at radius 3 is 2.56 bits per heavy atom. The minimum atomic E-state index is -0.355. The van der Waals surface area contributed by atoms with Crippen LogP contribution in [0.4, 0.5) is 0 Å². The molecule has 2 aromatic rings. The number of benzene rings is 1. The molecule has 27 heavy (non-hydrogen) atoms. The summed E-state index contributed by atoms with van der Waals surface area (Å²) in [6.45, 7) is 1.98. The van der Waals surface area contributed by atoms with Crippen LogP contribution in [-0.4, -0.2) is 46.0 Å². The van der Waals surface area contributed by atoms with Gasteiger partial charge in [0.15, 0.2) is 10.9 Å². The van der Waals surface area contributed by atoms with Crippen molar-refractivity contribution in [1.82, 2.24) is 20.2 Å². The highest BCUT2D eigenvalue weighted by atomic mass is 35.5. The summed E-state index contributed by atoms with van der Waals surface area (Å²) in [4.78, 5) is 34.9. The second-order valence-corrected chi connectivity index (χ2v) is 7.47. The predicted molar refractivity (Wildman–Crippen MR) is 106 cm³/mol. The first-order valence-electron chi connectivity index (χ1n) is 8.81. The van der Waals surface area contributed by atoms with E-state index in [-0.39, 0.29) is 22.5 Å². The van der Waals surface area contributed by atoms with Crippen molar-refractivity contribution in [3.63, 3.8) is 0 Å². The Balaban J connectivity index is 1.60. The lowest BCUT2D eigenvalue weighted by atomic mass is 10.1. The van der Waals surface area contributed by atoms with Gasteiger partial charge in [0.1, 0.15) is 0 Å². The van der Waals surface area contributed by atoms with E-state index in [1.807, 2.05) is 35.4 Å². The van der Waals surface area contributed by atoms with Gasteiger partial charge in [-0.25, -0.2) is 9.97 Å². The summed E-state index contributed by atoms with van der Waals surface area (Å²) in [5.41, 5.74) is 1.73. The van der Waals surface area contributed by atoms with Crippen molar-refractivity contribution in [2.45, 2.75) is 31.0 Å². The van der Waals surface area contributed by atoms with E-state index < -0.39 is 0 Å². The fourth-order valence-corrected chi connectivity index (χ4v) is 3.44. The number of halogens is 1. The highest BCUT2D eigenvalue weighted by molar-refractivity contribution is 7.98. The number of carbonyl (C=O) groups excluding carboxylic acids is 2. The molecule has 1 aliphatic heterocycles. The summed E-state index contributed by atoms with van der Waals surface area (Å²) < 4.78 is 0. The van der Waals surface area contributed by atoms with Crippen LogP contribution in [0.5, 0.6) is 0 Å². The Kier molecular flexibility index (Phi) is 6.68. The largest absolute Gasteiger partial charge is 0.347 e. The highest BCUT2D eigenvalue weighted by Gasteiger charge is 2.18. The number of rotatable bonds is 5. The fourth-order valence-electron chi connectivity index (χ4n) is 2.92. The van der Waals surface area contributed by atoms with Crippen LogP contribution in [-0.2, 0) is 6.54 Å². The second-order valence-electron chi connectivity index (χ2n) is 6.29. The minimum Gasteiger partial charge on any atom is -0.347 e. The van der Waals surface area contributed by atoms with E-state index in [2.05, 4.69) is 15.3 Å². The minimum absolute atomic E-state index is 0.0719. The van der Waals surface area contributed by atoms with Gasteiger partial charge in [0.05, 0.1) is 11.2 Å². The zero-order chi connectivity index (χ0) is 19.2. The van der Waals surface area contributed by atoms with Crippen molar-refractivity contribution < 1.29 is 9.59 Å². The molecular formula is C19H21ClN4O2S. The maximum absolute atomic E-state index is 12.5. The molecule has 1 aromatic heterocycles. The van der Waals surface area contributed by atoms with E-state index in [4.69, 9.17) is 11.6 Å². The van der Waals surface area contributed by atoms with Crippen molar-refractivity contribution in [2.75, 3.05) is 19.3 Å². The first-order chi connectivity index (χ1) is 13.1. The van der Waals surface area contributed by atoms with Crippen LogP contribution in [0.3, 0.4) is 0 Å². The Morgan fingerprint density at radius 2 is 1.89 bits per heavy atom. The van der Waals surface area contributed by atoms with Gasteiger partial charge in [-0.3, -0.25) is 9.59 Å². The van der Waals surface area contributed by atoms with Gasteiger partial charge in [0.2, 0.25) is 0 Å². The number of aromatic nitrogens is 2. The van der Waals surface area contributed by atoms with E-state index in [1.54, 1.807) is 0 Å². The van der Waals surface area contributed by atoms with Crippen LogP contribution in [0.15, 0.2) is 35.6 Å². The van der Waals surface area contributed by atoms with Crippen molar-refractivity contribution in [3.8, 4) is 0 Å². The van der Waals surface area contributed by atoms with Gasteiger partial charge < -0.3 is 10.2 Å². The molecule has 3 rings (SSSR count). The van der Waals surface area contributed by atoms with Gasteiger partial charge in [-0.15, -0.1) is 0 Å². The Morgan fingerprint density at radius 1 is 1.19 bits per heavy atom. The van der Waals surface area contributed by atoms with Gasteiger partial charge in [-0.2, -0.15) is 0 Å². The number of nitrogens with one attached hydrogen (secondary N) is 1. The summed E-state index contributed by atoms with van der Waals surface area (Å²) in [6.07, 6.45) is 6.59. The molecule has 8 heteroatoms. The topological polar surface area (TPSA) is 75.2 Å². The van der Waals surface area contributed by atoms with Crippen LogP contribution in [0.25, 0.3) is 0 Å². The highest BCUT2D eigenvalue weighted by Crippen LogP contribution is 2.17. The Labute approximate surface area is 167 Å². The normalized spacial score (nSPS) is 14.1. The maximum atomic E-state index is 12.5. The monoisotopic (exact) mass is 404 g/mol. The Bertz CT molecular complexity index is 823. The Hall–Kier alpha value is -2.12. The molecule has 6 nitrogen and oxygen atoms in total. The number of amides is 2. The van der Waals surface area contributed by atoms with Gasteiger partial charge in [-0.05, 0) is 43.2 Å². The standard InChI is InChI=1S/C19H21ClN4O2S/c1-27-19-22-12-15(20)16(23-19)17(25)21-11-13-5-7-14(8-6-13)18(26)24-9-3-2-4-10-24/h5-8,12H,2-4,9-11H2,1H3,(H,21,25). The van der Waals surface area contributed by atoms with E-state index in [9.17, 15) is 9.59 Å². The van der Waals surface area contributed by atoms with Crippen molar-refractivity contribution >= 4 is 35.2 Å². The molecule has 142 valence electrons. The first-order valence-corrected chi connectivity index (χ1v) is 10.4. The molecule has 2 amide bonds. The molecule has 0 bridgehead atoms. The summed E-state index contributed by atoms with van der Waals surface area (Å²) in [5.74, 6) is -0.284. The van der Waals surface area contributed by atoms with Gasteiger partial charge in [0, 0.05) is 25.2 Å². The summed E-state index contributed by atoms with van der Waals surface area (Å²) in [7, 11) is 0. The molecule has 0 radical (unpaired) electrons. The summed E-state index contributed by atoms with van der Waals surface area (Å²) >= 11 is 7.36. The van der Waals surface area contributed by atoms with E-state index in [0.717, 1.165) is 31.5 Å². The van der Waals surface area contributed by atoms with E-state index in [0.29, 0.717) is 17.3 Å². The van der Waals surface area contributed by atoms with Gasteiger partial charge in [-0.1, -0.05) is 35.5 Å². The number of piperidine rings is 1. The average Bonchev–Trinajstić information content (AvgIpc) is 2.73. The van der Waals surface area contributed by atoms with E-state index in [1.165, 1.54) is 24.4 Å². The zero-order valence-corrected chi connectivity index (χ0v) is 16.6. The van der Waals surface area contributed by atoms with E-state index >= 15 is 0 Å². The van der Waals surface area contributed by atoms with Crippen LogP contribution < -0.4 is 5.32 Å². The third-order valence-electron chi connectivity index (χ3n) is 4.42. The zero-order valence-electron chi connectivity index (χ0n) is 15.1. The number of thioether (sulfide) groups is 1. The molecule has 0 unspecified atom stereocenters. The predicted octanol–water partition coefficient (Wildman–Crippen LogP) is 3.41. The van der Waals surface area contributed by atoms with Gasteiger partial charge >= 0.3 is 0 Å². The van der Waals surface area contributed by atoms with Gasteiger partial charge in [0.25, 0.3) is 11.8 Å². The number of carbonyl (C=O) groups is 2. The van der Waals surface area contributed by atoms with Crippen LogP contribution in [0.2, 0.25) is 5.02 Å². The molecule has 1 fully saturated rings. The first kappa shape index (κ1) is 19.6. The van der Waals surface area contributed by atoms with Crippen LogP contribution in [0.1, 0.15) is 45.7 Å². The third-order valence-corrected chi connectivity index (χ3v) is 5.26. The number of hydrogen-bond donors (Lipinski definition) is 1. The van der Waals surface area contributed by atoms with Crippen LogP contribution >= 0.6 is 23.4 Å². The van der Waals surface area contributed by atoms with Crippen molar-refractivity contribution in [1.29, 1.82) is 0 Å². The smallest absolute Gasteiger partial charge is 0.271 e. The molecular weight excluding hydrogens is 384 g/mol. The van der Waals surface area contributed by atoms with Crippen molar-refractivity contribution in [3.05, 3.63) is 52.3 Å². The van der Waals surface area contributed by atoms with Crippen LogP contribution in [0, 0.1) is 0 Å². The quantitative estimate of drug-likeness (QED) is 0.610. The SMILES string of the molecule is CSc1ncc(Cl)c(C(=O)NCc2ccc(C(=O)N3CCCCC3)cc2)n1. The molecule has 1 aromatic carbocycles. The van der Waals surface area contributed by atoms with Crippen molar-refractivity contribution in [2.24, 2.45) is 0 Å². The lowest BCUT2D eigenvalue weighted by molar-refractivity contribution is 0.0724. The summed E-state index contributed by atoms with van der Waals surface area (Å²) in [5, 5.41) is 3.51. The lowest BCUT2D eigenvalue weighted by Crippen LogP contribution is -2.35.